The van der Waals surface area contributed by atoms with Gasteiger partial charge in [-0.1, -0.05) is 18.2 Å². The molecule has 0 aliphatic carbocycles. The minimum atomic E-state index is -0.166. The van der Waals surface area contributed by atoms with Crippen molar-refractivity contribution in [1.29, 1.82) is 0 Å². The lowest BCUT2D eigenvalue weighted by atomic mass is 10.1. The van der Waals surface area contributed by atoms with Crippen molar-refractivity contribution in [2.45, 2.75) is 12.6 Å². The van der Waals surface area contributed by atoms with Gasteiger partial charge in [-0.15, -0.1) is 0 Å². The Bertz CT molecular complexity index is 549. The Morgan fingerprint density at radius 1 is 1.35 bits per heavy atom. The molecule has 0 spiro atoms. The minimum absolute atomic E-state index is 0.166. The maximum atomic E-state index is 9.29. The molecule has 88 valence electrons. The number of nitrogens with two attached hydrogens (primary N) is 1. The first-order valence-corrected chi connectivity index (χ1v) is 5.77. The number of para-hydroxylation sites is 1. The predicted molar refractivity (Wildman–Crippen MR) is 67.4 cm³/mol. The van der Waals surface area contributed by atoms with Gasteiger partial charge in [-0.2, -0.15) is 0 Å². The number of aromatic nitrogens is 1. The van der Waals surface area contributed by atoms with Gasteiger partial charge in [0.1, 0.15) is 5.82 Å². The monoisotopic (exact) mass is 229 g/mol. The van der Waals surface area contributed by atoms with Crippen LogP contribution in [0.15, 0.2) is 30.3 Å². The van der Waals surface area contributed by atoms with Gasteiger partial charge in [-0.3, -0.25) is 4.90 Å². The maximum absolute atomic E-state index is 9.29. The summed E-state index contributed by atoms with van der Waals surface area (Å²) in [6, 6.07) is 9.93. The molecule has 1 fully saturated rings. The number of β-amino-alcohol motifs (C(OH)–C–C–N with tert-alkyl or cyclic N) is 1. The van der Waals surface area contributed by atoms with Crippen LogP contribution in [0.3, 0.4) is 0 Å². The highest BCUT2D eigenvalue weighted by Crippen LogP contribution is 2.22. The number of fused-ring (bicyclic) bond motifs is 1. The second-order valence-corrected chi connectivity index (χ2v) is 4.57. The molecular weight excluding hydrogens is 214 g/mol. The number of rotatable bonds is 2. The summed E-state index contributed by atoms with van der Waals surface area (Å²) in [5.74, 6) is 0.555. The molecule has 0 amide bonds. The molecule has 0 saturated carbocycles. The second kappa shape index (κ2) is 3.98. The summed E-state index contributed by atoms with van der Waals surface area (Å²) in [6.45, 7) is 2.32. The van der Waals surface area contributed by atoms with Crippen molar-refractivity contribution >= 4 is 16.7 Å². The zero-order valence-electron chi connectivity index (χ0n) is 9.50. The van der Waals surface area contributed by atoms with Gasteiger partial charge in [0, 0.05) is 25.0 Å². The van der Waals surface area contributed by atoms with Gasteiger partial charge in [-0.05, 0) is 17.7 Å². The van der Waals surface area contributed by atoms with Crippen LogP contribution in [0.25, 0.3) is 10.9 Å². The third-order valence-electron chi connectivity index (χ3n) is 3.15. The Balaban J connectivity index is 1.97. The zero-order valence-corrected chi connectivity index (χ0v) is 9.50. The second-order valence-electron chi connectivity index (χ2n) is 4.57. The first-order valence-electron chi connectivity index (χ1n) is 5.77. The van der Waals surface area contributed by atoms with E-state index in [0.717, 1.165) is 30.5 Å². The van der Waals surface area contributed by atoms with E-state index >= 15 is 0 Å². The SMILES string of the molecule is Nc1cc(CN2CC(O)C2)c2ccccc2n1. The summed E-state index contributed by atoms with van der Waals surface area (Å²) in [6.07, 6.45) is -0.166. The molecule has 1 saturated heterocycles. The topological polar surface area (TPSA) is 62.4 Å². The number of hydrogen-bond acceptors (Lipinski definition) is 4. The third kappa shape index (κ3) is 1.97. The zero-order chi connectivity index (χ0) is 11.8. The highest BCUT2D eigenvalue weighted by Gasteiger charge is 2.24. The average Bonchev–Trinajstić information content (AvgIpc) is 2.26. The molecule has 0 atom stereocenters. The van der Waals surface area contributed by atoms with Gasteiger partial charge < -0.3 is 10.8 Å². The number of nitrogens with zero attached hydrogens (tertiary/aromatic N) is 2. The van der Waals surface area contributed by atoms with E-state index in [0.29, 0.717) is 5.82 Å². The van der Waals surface area contributed by atoms with Gasteiger partial charge in [0.15, 0.2) is 0 Å². The molecular formula is C13H15N3O. The summed E-state index contributed by atoms with van der Waals surface area (Å²) in [5, 5.41) is 10.4. The number of aliphatic hydroxyl groups is 1. The largest absolute Gasteiger partial charge is 0.390 e. The summed E-state index contributed by atoms with van der Waals surface area (Å²) < 4.78 is 0. The molecule has 1 aromatic heterocycles. The van der Waals surface area contributed by atoms with Gasteiger partial charge in [0.25, 0.3) is 0 Å². The maximum Gasteiger partial charge on any atom is 0.124 e. The summed E-state index contributed by atoms with van der Waals surface area (Å²) in [7, 11) is 0. The molecule has 1 aromatic carbocycles. The van der Waals surface area contributed by atoms with Crippen LogP contribution in [0.5, 0.6) is 0 Å². The fourth-order valence-corrected chi connectivity index (χ4v) is 2.31. The lowest BCUT2D eigenvalue weighted by Gasteiger charge is -2.36. The molecule has 0 unspecified atom stereocenters. The van der Waals surface area contributed by atoms with Crippen LogP contribution < -0.4 is 5.73 Å². The Kier molecular flexibility index (Phi) is 2.46. The van der Waals surface area contributed by atoms with E-state index in [-0.39, 0.29) is 6.10 Å². The van der Waals surface area contributed by atoms with Crippen LogP contribution in [-0.4, -0.2) is 34.2 Å². The molecule has 2 aromatic rings. The molecule has 17 heavy (non-hydrogen) atoms. The Morgan fingerprint density at radius 2 is 2.12 bits per heavy atom. The molecule has 3 N–H and O–H groups in total. The highest BCUT2D eigenvalue weighted by molar-refractivity contribution is 5.83. The van der Waals surface area contributed by atoms with Crippen LogP contribution in [-0.2, 0) is 6.54 Å². The van der Waals surface area contributed by atoms with Crippen LogP contribution in [0.2, 0.25) is 0 Å². The van der Waals surface area contributed by atoms with E-state index in [1.807, 2.05) is 24.3 Å². The standard InChI is InChI=1S/C13H15N3O/c14-13-5-9(6-16-7-10(17)8-16)11-3-1-2-4-12(11)15-13/h1-5,10,17H,6-8H2,(H2,14,15). The van der Waals surface area contributed by atoms with Crippen LogP contribution in [0.4, 0.5) is 5.82 Å². The summed E-state index contributed by atoms with van der Waals surface area (Å²) >= 11 is 0. The van der Waals surface area contributed by atoms with Gasteiger partial charge in [0.2, 0.25) is 0 Å². The smallest absolute Gasteiger partial charge is 0.124 e. The fourth-order valence-electron chi connectivity index (χ4n) is 2.31. The Hall–Kier alpha value is -1.65. The Morgan fingerprint density at radius 3 is 2.88 bits per heavy atom. The number of hydrogen-bond donors (Lipinski definition) is 2. The average molecular weight is 229 g/mol. The van der Waals surface area contributed by atoms with E-state index in [1.54, 1.807) is 0 Å². The summed E-state index contributed by atoms with van der Waals surface area (Å²) in [4.78, 5) is 6.51. The van der Waals surface area contributed by atoms with Gasteiger partial charge in [0.05, 0.1) is 11.6 Å². The normalized spacial score (nSPS) is 17.2. The van der Waals surface area contributed by atoms with Crippen molar-refractivity contribution in [1.82, 2.24) is 9.88 Å². The molecule has 1 aliphatic rings. The number of aliphatic hydroxyl groups excluding tert-OH is 1. The molecule has 4 heteroatoms. The Labute approximate surface area is 99.7 Å². The lowest BCUT2D eigenvalue weighted by Crippen LogP contribution is -2.49. The fraction of sp³-hybridized carbons (Fsp3) is 0.308. The van der Waals surface area contributed by atoms with Crippen LogP contribution in [0.1, 0.15) is 5.56 Å². The number of pyridine rings is 1. The number of anilines is 1. The van der Waals surface area contributed by atoms with Crippen molar-refractivity contribution in [3.63, 3.8) is 0 Å². The molecule has 0 radical (unpaired) electrons. The number of benzene rings is 1. The van der Waals surface area contributed by atoms with Crippen molar-refractivity contribution in [2.24, 2.45) is 0 Å². The molecule has 1 aliphatic heterocycles. The van der Waals surface area contributed by atoms with Gasteiger partial charge >= 0.3 is 0 Å². The van der Waals surface area contributed by atoms with Crippen LogP contribution in [0, 0.1) is 0 Å². The van der Waals surface area contributed by atoms with E-state index in [2.05, 4.69) is 16.0 Å². The minimum Gasteiger partial charge on any atom is -0.390 e. The predicted octanol–water partition coefficient (Wildman–Crippen LogP) is 0.994. The van der Waals surface area contributed by atoms with E-state index in [4.69, 9.17) is 5.73 Å². The van der Waals surface area contributed by atoms with Crippen molar-refractivity contribution in [2.75, 3.05) is 18.8 Å². The highest BCUT2D eigenvalue weighted by atomic mass is 16.3. The third-order valence-corrected chi connectivity index (χ3v) is 3.15. The lowest BCUT2D eigenvalue weighted by molar-refractivity contribution is -0.00262. The molecule has 3 rings (SSSR count). The first-order chi connectivity index (χ1) is 8.22. The van der Waals surface area contributed by atoms with Crippen molar-refractivity contribution < 1.29 is 5.11 Å². The van der Waals surface area contributed by atoms with E-state index < -0.39 is 0 Å². The quantitative estimate of drug-likeness (QED) is 0.806. The molecule has 4 nitrogen and oxygen atoms in total. The van der Waals surface area contributed by atoms with Crippen molar-refractivity contribution in [3.05, 3.63) is 35.9 Å². The summed E-state index contributed by atoms with van der Waals surface area (Å²) in [5.41, 5.74) is 7.92. The number of likely N-dealkylation sites (tertiary alicyclic amines) is 1. The van der Waals surface area contributed by atoms with E-state index in [1.165, 1.54) is 5.56 Å². The first kappa shape index (κ1) is 10.5. The molecule has 2 heterocycles. The number of nitrogen functional groups attached to an aromatic ring is 1. The molecule has 0 bridgehead atoms. The van der Waals surface area contributed by atoms with E-state index in [9.17, 15) is 5.11 Å². The van der Waals surface area contributed by atoms with Gasteiger partial charge in [-0.25, -0.2) is 4.98 Å². The van der Waals surface area contributed by atoms with Crippen molar-refractivity contribution in [3.8, 4) is 0 Å². The van der Waals surface area contributed by atoms with Crippen LogP contribution >= 0.6 is 0 Å².